The van der Waals surface area contributed by atoms with E-state index in [4.69, 9.17) is 9.98 Å². The quantitative estimate of drug-likeness (QED) is 0.653. The zero-order valence-electron chi connectivity index (χ0n) is 12.6. The summed E-state index contributed by atoms with van der Waals surface area (Å²) >= 11 is 0. The van der Waals surface area contributed by atoms with Crippen LogP contribution >= 0.6 is 0 Å². The Balaban J connectivity index is 2.04. The lowest BCUT2D eigenvalue weighted by molar-refractivity contribution is 0.481. The molecule has 0 N–H and O–H groups in total. The molecule has 2 heteroatoms. The molecule has 104 valence electrons. The minimum Gasteiger partial charge on any atom is -0.232 e. The van der Waals surface area contributed by atoms with E-state index >= 15 is 0 Å². The van der Waals surface area contributed by atoms with Crippen LogP contribution in [0.5, 0.6) is 0 Å². The van der Waals surface area contributed by atoms with Crippen LogP contribution in [0.3, 0.4) is 0 Å². The number of fused-ring (bicyclic) bond motifs is 4. The van der Waals surface area contributed by atoms with Crippen molar-refractivity contribution in [2.24, 2.45) is 21.3 Å². The number of dihydropyridines is 1. The molecule has 0 amide bonds. The second-order valence-corrected chi connectivity index (χ2v) is 6.75. The summed E-state index contributed by atoms with van der Waals surface area (Å²) in [6, 6.07) is 8.36. The van der Waals surface area contributed by atoms with Crippen molar-refractivity contribution < 1.29 is 0 Å². The molecule has 0 bridgehead atoms. The maximum Gasteiger partial charge on any atom is 0.160 e. The Kier molecular flexibility index (Phi) is 2.47. The van der Waals surface area contributed by atoms with E-state index in [2.05, 4.69) is 63.3 Å². The molecular formula is C19H18N2. The fourth-order valence-electron chi connectivity index (χ4n) is 3.42. The molecule has 1 aromatic rings. The molecule has 0 saturated heterocycles. The Bertz CT molecular complexity index is 780. The summed E-state index contributed by atoms with van der Waals surface area (Å²) in [5.41, 5.74) is 6.12. The van der Waals surface area contributed by atoms with Crippen molar-refractivity contribution in [1.82, 2.24) is 0 Å². The van der Waals surface area contributed by atoms with Crippen molar-refractivity contribution in [2.75, 3.05) is 0 Å². The van der Waals surface area contributed by atoms with Crippen LogP contribution in [0.15, 0.2) is 64.1 Å². The topological polar surface area (TPSA) is 24.7 Å². The fourth-order valence-corrected chi connectivity index (χ4v) is 3.42. The number of amidine groups is 1. The lowest BCUT2D eigenvalue weighted by Gasteiger charge is -2.34. The molecule has 1 aromatic carbocycles. The molecule has 1 unspecified atom stereocenters. The van der Waals surface area contributed by atoms with Gasteiger partial charge in [0.25, 0.3) is 0 Å². The second kappa shape index (κ2) is 4.14. The number of aliphatic imine (C=N–C) groups is 2. The van der Waals surface area contributed by atoms with E-state index in [0.29, 0.717) is 0 Å². The van der Waals surface area contributed by atoms with Crippen molar-refractivity contribution in [2.45, 2.75) is 20.8 Å². The number of para-hydroxylation sites is 1. The fraction of sp³-hybridized carbons (Fsp3) is 0.263. The SMILES string of the molecule is CC(C)(C)C1=C2C(=Nc3ccccc32)N=C2C=CC=CC21. The van der Waals surface area contributed by atoms with Gasteiger partial charge in [-0.2, -0.15) is 0 Å². The van der Waals surface area contributed by atoms with E-state index in [9.17, 15) is 0 Å². The summed E-state index contributed by atoms with van der Waals surface area (Å²) in [5, 5.41) is 0. The monoisotopic (exact) mass is 274 g/mol. The summed E-state index contributed by atoms with van der Waals surface area (Å²) in [7, 11) is 0. The molecule has 2 aliphatic heterocycles. The van der Waals surface area contributed by atoms with Crippen LogP contribution in [0, 0.1) is 11.3 Å². The first-order chi connectivity index (χ1) is 10.1. The summed E-state index contributed by atoms with van der Waals surface area (Å²) in [5.74, 6) is 1.16. The first-order valence-electron chi connectivity index (χ1n) is 7.42. The summed E-state index contributed by atoms with van der Waals surface area (Å²) in [6.07, 6.45) is 8.55. The van der Waals surface area contributed by atoms with Gasteiger partial charge in [0, 0.05) is 17.1 Å². The van der Waals surface area contributed by atoms with Crippen LogP contribution in [0.25, 0.3) is 5.57 Å². The molecule has 0 aromatic heterocycles. The third-order valence-electron chi connectivity index (χ3n) is 4.25. The van der Waals surface area contributed by atoms with E-state index < -0.39 is 0 Å². The van der Waals surface area contributed by atoms with Crippen molar-refractivity contribution in [1.29, 1.82) is 0 Å². The molecule has 21 heavy (non-hydrogen) atoms. The van der Waals surface area contributed by atoms with Crippen molar-refractivity contribution in [3.05, 3.63) is 59.7 Å². The first kappa shape index (κ1) is 12.5. The van der Waals surface area contributed by atoms with Gasteiger partial charge < -0.3 is 0 Å². The predicted molar refractivity (Wildman–Crippen MR) is 89.1 cm³/mol. The molecule has 4 rings (SSSR count). The number of allylic oxidation sites excluding steroid dienone is 5. The van der Waals surface area contributed by atoms with Crippen LogP contribution in [0.2, 0.25) is 0 Å². The van der Waals surface area contributed by atoms with E-state index in [1.54, 1.807) is 0 Å². The zero-order chi connectivity index (χ0) is 14.6. The van der Waals surface area contributed by atoms with Gasteiger partial charge in [-0.15, -0.1) is 0 Å². The molecule has 0 saturated carbocycles. The highest BCUT2D eigenvalue weighted by molar-refractivity contribution is 6.34. The molecule has 0 radical (unpaired) electrons. The number of rotatable bonds is 0. The van der Waals surface area contributed by atoms with Gasteiger partial charge in [-0.05, 0) is 23.1 Å². The Morgan fingerprint density at radius 2 is 1.81 bits per heavy atom. The summed E-state index contributed by atoms with van der Waals surface area (Å²) < 4.78 is 0. The van der Waals surface area contributed by atoms with Crippen LogP contribution < -0.4 is 0 Å². The summed E-state index contributed by atoms with van der Waals surface area (Å²) in [6.45, 7) is 6.84. The Hall–Kier alpha value is -2.22. The van der Waals surface area contributed by atoms with Crippen molar-refractivity contribution in [3.8, 4) is 0 Å². The Morgan fingerprint density at radius 3 is 2.62 bits per heavy atom. The van der Waals surface area contributed by atoms with Gasteiger partial charge >= 0.3 is 0 Å². The third-order valence-corrected chi connectivity index (χ3v) is 4.25. The molecule has 2 heterocycles. The van der Waals surface area contributed by atoms with E-state index in [1.165, 1.54) is 16.7 Å². The molecule has 1 atom stereocenters. The minimum atomic E-state index is 0.0783. The largest absolute Gasteiger partial charge is 0.232 e. The first-order valence-corrected chi connectivity index (χ1v) is 7.42. The Labute approximate surface area is 125 Å². The second-order valence-electron chi connectivity index (χ2n) is 6.75. The minimum absolute atomic E-state index is 0.0783. The molecule has 0 spiro atoms. The molecule has 1 aliphatic carbocycles. The molecule has 2 nitrogen and oxygen atoms in total. The summed E-state index contributed by atoms with van der Waals surface area (Å²) in [4.78, 5) is 9.56. The van der Waals surface area contributed by atoms with Gasteiger partial charge in [0.1, 0.15) is 0 Å². The Morgan fingerprint density at radius 1 is 1.00 bits per heavy atom. The van der Waals surface area contributed by atoms with Crippen LogP contribution in [0.4, 0.5) is 5.69 Å². The highest BCUT2D eigenvalue weighted by Crippen LogP contribution is 2.47. The standard InChI is InChI=1S/C19H18N2/c1-19(2,3)17-13-9-5-7-11-15(13)21-18-16(17)12-8-4-6-10-14(12)20-18/h4-11,13H,1-3H3. The third kappa shape index (κ3) is 1.79. The van der Waals surface area contributed by atoms with E-state index in [-0.39, 0.29) is 11.3 Å². The average Bonchev–Trinajstić information content (AvgIpc) is 2.81. The van der Waals surface area contributed by atoms with E-state index in [0.717, 1.165) is 17.2 Å². The predicted octanol–water partition coefficient (Wildman–Crippen LogP) is 4.73. The molecule has 3 aliphatic rings. The van der Waals surface area contributed by atoms with Gasteiger partial charge in [-0.25, -0.2) is 9.98 Å². The van der Waals surface area contributed by atoms with Crippen molar-refractivity contribution >= 4 is 22.8 Å². The van der Waals surface area contributed by atoms with Gasteiger partial charge in [-0.3, -0.25) is 0 Å². The average molecular weight is 274 g/mol. The smallest absolute Gasteiger partial charge is 0.160 e. The number of hydrogen-bond donors (Lipinski definition) is 0. The van der Waals surface area contributed by atoms with Gasteiger partial charge in [0.05, 0.1) is 11.4 Å². The van der Waals surface area contributed by atoms with Crippen LogP contribution in [-0.4, -0.2) is 11.5 Å². The number of nitrogens with zero attached hydrogens (tertiary/aromatic N) is 2. The molecule has 0 fully saturated rings. The van der Waals surface area contributed by atoms with E-state index in [1.807, 2.05) is 6.07 Å². The lowest BCUT2D eigenvalue weighted by Crippen LogP contribution is -2.30. The van der Waals surface area contributed by atoms with Gasteiger partial charge in [-0.1, -0.05) is 57.2 Å². The highest BCUT2D eigenvalue weighted by Gasteiger charge is 2.38. The maximum absolute atomic E-state index is 4.81. The highest BCUT2D eigenvalue weighted by atomic mass is 15.0. The van der Waals surface area contributed by atoms with Gasteiger partial charge in [0.2, 0.25) is 0 Å². The number of hydrogen-bond acceptors (Lipinski definition) is 2. The van der Waals surface area contributed by atoms with Crippen LogP contribution in [0.1, 0.15) is 26.3 Å². The molecular weight excluding hydrogens is 256 g/mol. The van der Waals surface area contributed by atoms with Crippen molar-refractivity contribution in [3.63, 3.8) is 0 Å². The zero-order valence-corrected chi connectivity index (χ0v) is 12.6. The normalized spacial score (nSPS) is 22.5. The number of benzene rings is 1. The van der Waals surface area contributed by atoms with Crippen LogP contribution in [-0.2, 0) is 0 Å². The maximum atomic E-state index is 4.81. The van der Waals surface area contributed by atoms with Gasteiger partial charge in [0.15, 0.2) is 5.84 Å². The lowest BCUT2D eigenvalue weighted by atomic mass is 9.71.